The second-order valence-corrected chi connectivity index (χ2v) is 8.06. The first kappa shape index (κ1) is 26.9. The summed E-state index contributed by atoms with van der Waals surface area (Å²) in [6.45, 7) is 4.12. The molecule has 0 aliphatic heterocycles. The molecular formula is C23H21F6N5O2. The predicted octanol–water partition coefficient (Wildman–Crippen LogP) is 5.14. The van der Waals surface area contributed by atoms with Crippen molar-refractivity contribution in [2.24, 2.45) is 5.92 Å². The molecule has 0 spiro atoms. The van der Waals surface area contributed by atoms with E-state index in [1.807, 2.05) is 17.6 Å². The minimum absolute atomic E-state index is 0.116. The van der Waals surface area contributed by atoms with Crippen molar-refractivity contribution in [2.45, 2.75) is 45.2 Å². The number of nitrogens with one attached hydrogen (secondary N) is 1. The van der Waals surface area contributed by atoms with E-state index in [-0.39, 0.29) is 5.69 Å². The number of hydrogen-bond acceptors (Lipinski definition) is 5. The molecule has 0 bridgehead atoms. The van der Waals surface area contributed by atoms with Gasteiger partial charge in [0.05, 0.1) is 23.3 Å². The molecule has 1 fully saturated rings. The summed E-state index contributed by atoms with van der Waals surface area (Å²) in [5.41, 5.74) is 1.20. The van der Waals surface area contributed by atoms with E-state index < -0.39 is 23.9 Å². The number of hydrogen-bond donors (Lipinski definition) is 2. The van der Waals surface area contributed by atoms with Gasteiger partial charge in [-0.2, -0.15) is 31.6 Å². The molecule has 0 radical (unpaired) electrons. The topological polar surface area (TPSA) is 104 Å². The van der Waals surface area contributed by atoms with Crippen LogP contribution in [0.3, 0.4) is 0 Å². The zero-order valence-electron chi connectivity index (χ0n) is 18.9. The van der Waals surface area contributed by atoms with Crippen molar-refractivity contribution in [3.8, 4) is 17.3 Å². The monoisotopic (exact) mass is 513 g/mol. The third-order valence-electron chi connectivity index (χ3n) is 5.38. The Bertz CT molecular complexity index is 1290. The number of imidazole rings is 1. The molecule has 36 heavy (non-hydrogen) atoms. The van der Waals surface area contributed by atoms with Gasteiger partial charge in [0.15, 0.2) is 5.69 Å². The fourth-order valence-corrected chi connectivity index (χ4v) is 3.45. The van der Waals surface area contributed by atoms with Gasteiger partial charge in [-0.15, -0.1) is 0 Å². The fourth-order valence-electron chi connectivity index (χ4n) is 3.45. The minimum Gasteiger partial charge on any atom is -0.475 e. The number of aryl methyl sites for hydroxylation is 1. The Morgan fingerprint density at radius 2 is 1.86 bits per heavy atom. The molecule has 7 nitrogen and oxygen atoms in total. The summed E-state index contributed by atoms with van der Waals surface area (Å²) in [7, 11) is 0. The lowest BCUT2D eigenvalue weighted by Crippen LogP contribution is -2.21. The van der Waals surface area contributed by atoms with Gasteiger partial charge in [0.2, 0.25) is 0 Å². The van der Waals surface area contributed by atoms with Crippen molar-refractivity contribution >= 4 is 17.0 Å². The normalized spacial score (nSPS) is 13.7. The largest absolute Gasteiger partial charge is 0.490 e. The van der Waals surface area contributed by atoms with Gasteiger partial charge in [-0.1, -0.05) is 12.1 Å². The Hall–Kier alpha value is -3.66. The maximum Gasteiger partial charge on any atom is 0.490 e. The van der Waals surface area contributed by atoms with Crippen molar-refractivity contribution in [3.05, 3.63) is 47.4 Å². The smallest absolute Gasteiger partial charge is 0.475 e. The summed E-state index contributed by atoms with van der Waals surface area (Å²) in [6.07, 6.45) is -7.02. The van der Waals surface area contributed by atoms with Crippen LogP contribution in [0.1, 0.15) is 36.8 Å². The first-order chi connectivity index (χ1) is 16.8. The number of halogens is 6. The average Bonchev–Trinajstić information content (AvgIpc) is 3.56. The number of carbonyl (C=O) groups is 1. The van der Waals surface area contributed by atoms with E-state index in [1.54, 1.807) is 12.1 Å². The molecule has 192 valence electrons. The summed E-state index contributed by atoms with van der Waals surface area (Å²) in [5.74, 6) is -1.23. The minimum atomic E-state index is -5.08. The SMILES string of the molecule is CCn1c(CNCC2CC2)nc2c(C#N)nc(-c3cccc(C(F)(F)F)c3)cc21.O=C(O)C(F)(F)F. The molecule has 0 atom stereocenters. The molecule has 2 N–H and O–H groups in total. The van der Waals surface area contributed by atoms with Crippen molar-refractivity contribution in [2.75, 3.05) is 6.54 Å². The molecule has 1 saturated carbocycles. The molecule has 3 aromatic rings. The van der Waals surface area contributed by atoms with Crippen molar-refractivity contribution < 1.29 is 36.2 Å². The zero-order valence-corrected chi connectivity index (χ0v) is 18.9. The Labute approximate surface area is 201 Å². The van der Waals surface area contributed by atoms with Crippen LogP contribution in [0.4, 0.5) is 26.3 Å². The fraction of sp³-hybridized carbons (Fsp3) is 0.391. The number of pyridine rings is 1. The van der Waals surface area contributed by atoms with Crippen LogP contribution in [0.25, 0.3) is 22.3 Å². The van der Waals surface area contributed by atoms with Crippen molar-refractivity contribution in [3.63, 3.8) is 0 Å². The highest BCUT2D eigenvalue weighted by Gasteiger charge is 2.38. The Kier molecular flexibility index (Phi) is 7.88. The number of carboxylic acids is 1. The maximum atomic E-state index is 13.1. The Balaban J connectivity index is 0.000000454. The number of alkyl halides is 6. The lowest BCUT2D eigenvalue weighted by molar-refractivity contribution is -0.192. The van der Waals surface area contributed by atoms with Crippen LogP contribution in [-0.4, -0.2) is 38.3 Å². The van der Waals surface area contributed by atoms with Crippen LogP contribution in [0.5, 0.6) is 0 Å². The molecule has 0 amide bonds. The lowest BCUT2D eigenvalue weighted by atomic mass is 10.1. The van der Waals surface area contributed by atoms with Gasteiger partial charge in [0.25, 0.3) is 0 Å². The van der Waals surface area contributed by atoms with Gasteiger partial charge in [-0.3, -0.25) is 0 Å². The van der Waals surface area contributed by atoms with Crippen LogP contribution >= 0.6 is 0 Å². The van der Waals surface area contributed by atoms with E-state index in [0.29, 0.717) is 35.4 Å². The van der Waals surface area contributed by atoms with Crippen LogP contribution in [0, 0.1) is 17.2 Å². The van der Waals surface area contributed by atoms with Crippen molar-refractivity contribution in [1.82, 2.24) is 19.9 Å². The second-order valence-electron chi connectivity index (χ2n) is 8.06. The van der Waals surface area contributed by atoms with Gasteiger partial charge in [-0.25, -0.2) is 14.8 Å². The molecule has 1 aliphatic carbocycles. The van der Waals surface area contributed by atoms with Crippen LogP contribution in [0.15, 0.2) is 30.3 Å². The Morgan fingerprint density at radius 1 is 1.19 bits per heavy atom. The quantitative estimate of drug-likeness (QED) is 0.443. The van der Waals surface area contributed by atoms with Gasteiger partial charge in [0, 0.05) is 12.1 Å². The highest BCUT2D eigenvalue weighted by molar-refractivity contribution is 5.85. The number of fused-ring (bicyclic) bond motifs is 1. The molecule has 1 aromatic carbocycles. The first-order valence-electron chi connectivity index (χ1n) is 10.8. The van der Waals surface area contributed by atoms with E-state index in [0.717, 1.165) is 30.4 Å². The van der Waals surface area contributed by atoms with Crippen LogP contribution < -0.4 is 5.32 Å². The number of nitriles is 1. The van der Waals surface area contributed by atoms with Crippen LogP contribution in [0.2, 0.25) is 0 Å². The predicted molar refractivity (Wildman–Crippen MR) is 116 cm³/mol. The maximum absolute atomic E-state index is 13.1. The summed E-state index contributed by atoms with van der Waals surface area (Å²) >= 11 is 0. The summed E-state index contributed by atoms with van der Waals surface area (Å²) in [5, 5.41) is 20.1. The molecule has 2 heterocycles. The first-order valence-corrected chi connectivity index (χ1v) is 10.8. The number of aromatic nitrogens is 3. The molecule has 13 heteroatoms. The Morgan fingerprint density at radius 3 is 2.39 bits per heavy atom. The summed E-state index contributed by atoms with van der Waals surface area (Å²) in [6, 6.07) is 8.75. The van der Waals surface area contributed by atoms with Gasteiger partial charge >= 0.3 is 18.3 Å². The van der Waals surface area contributed by atoms with E-state index in [2.05, 4.69) is 15.3 Å². The third kappa shape index (κ3) is 6.51. The second kappa shape index (κ2) is 10.5. The zero-order chi connectivity index (χ0) is 26.7. The van der Waals surface area contributed by atoms with Crippen molar-refractivity contribution in [1.29, 1.82) is 5.26 Å². The number of nitrogens with zero attached hydrogens (tertiary/aromatic N) is 4. The van der Waals surface area contributed by atoms with E-state index in [4.69, 9.17) is 9.90 Å². The number of aliphatic carboxylic acids is 1. The van der Waals surface area contributed by atoms with Crippen LogP contribution in [-0.2, 0) is 24.1 Å². The number of rotatable bonds is 6. The number of benzene rings is 1. The lowest BCUT2D eigenvalue weighted by Gasteiger charge is -2.10. The van der Waals surface area contributed by atoms with Gasteiger partial charge in [0.1, 0.15) is 17.4 Å². The highest BCUT2D eigenvalue weighted by Crippen LogP contribution is 2.33. The standard InChI is InChI=1S/C21H20F3N5.C2HF3O2/c1-2-29-18-9-16(14-4-3-5-15(8-14)21(22,23)24)27-17(10-25)20(18)28-19(29)12-26-11-13-6-7-13;3-2(4,5)1(6)7/h3-5,8-9,13,26H,2,6-7,11-12H2,1H3;(H,6,7). The average molecular weight is 513 g/mol. The molecule has 2 aromatic heterocycles. The van der Waals surface area contributed by atoms with E-state index in [1.165, 1.54) is 18.9 Å². The van der Waals surface area contributed by atoms with Gasteiger partial charge in [-0.05, 0) is 50.4 Å². The molecule has 1 aliphatic rings. The summed E-state index contributed by atoms with van der Waals surface area (Å²) < 4.78 is 73.0. The third-order valence-corrected chi connectivity index (χ3v) is 5.38. The molecular weight excluding hydrogens is 492 g/mol. The van der Waals surface area contributed by atoms with E-state index in [9.17, 15) is 31.6 Å². The summed E-state index contributed by atoms with van der Waals surface area (Å²) in [4.78, 5) is 17.8. The highest BCUT2D eigenvalue weighted by atomic mass is 19.4. The number of carboxylic acid groups (broad SMARTS) is 1. The van der Waals surface area contributed by atoms with Gasteiger partial charge < -0.3 is 15.0 Å². The van der Waals surface area contributed by atoms with E-state index >= 15 is 0 Å². The molecule has 4 rings (SSSR count). The molecule has 0 unspecified atom stereocenters. The molecule has 0 saturated heterocycles.